The van der Waals surface area contributed by atoms with E-state index in [1.807, 2.05) is 35.4 Å². The molecule has 1 aliphatic heterocycles. The Kier molecular flexibility index (Phi) is 4.51. The number of amides is 1. The number of carbonyl (C=O) groups excluding carboxylic acids is 1. The number of carbonyl (C=O) groups is 1. The number of aryl methyl sites for hydroxylation is 1. The minimum Gasteiger partial charge on any atom is -0.361 e. The van der Waals surface area contributed by atoms with Gasteiger partial charge >= 0.3 is 0 Å². The molecular weight excluding hydrogens is 310 g/mol. The van der Waals surface area contributed by atoms with E-state index >= 15 is 0 Å². The normalized spacial score (nSPS) is 17.3. The average Bonchev–Trinajstić information content (AvgIpc) is 3.30. The van der Waals surface area contributed by atoms with E-state index in [4.69, 9.17) is 0 Å². The first-order chi connectivity index (χ1) is 12.3. The summed E-state index contributed by atoms with van der Waals surface area (Å²) in [5, 5.41) is 1.27. The number of para-hydroxylation sites is 1. The summed E-state index contributed by atoms with van der Waals surface area (Å²) < 4.78 is 0. The molecule has 0 unspecified atom stereocenters. The summed E-state index contributed by atoms with van der Waals surface area (Å²) in [6.45, 7) is 0.854. The van der Waals surface area contributed by atoms with Gasteiger partial charge in [-0.2, -0.15) is 0 Å². The lowest BCUT2D eigenvalue weighted by atomic mass is 10.1. The number of likely N-dealkylation sites (tertiary alicyclic amines) is 1. The van der Waals surface area contributed by atoms with Gasteiger partial charge in [0.25, 0.3) is 0 Å². The highest BCUT2D eigenvalue weighted by Crippen LogP contribution is 2.31. The Morgan fingerprint density at radius 3 is 2.96 bits per heavy atom. The largest absolute Gasteiger partial charge is 0.361 e. The number of hydrogen-bond acceptors (Lipinski definition) is 2. The molecule has 0 spiro atoms. The second-order valence-corrected chi connectivity index (χ2v) is 6.71. The van der Waals surface area contributed by atoms with Crippen molar-refractivity contribution in [3.63, 3.8) is 0 Å². The molecule has 1 N–H and O–H groups in total. The molecule has 3 heterocycles. The predicted octanol–water partition coefficient (Wildman–Crippen LogP) is 4.25. The number of aromatic amines is 1. The van der Waals surface area contributed by atoms with Crippen LogP contribution in [0.25, 0.3) is 10.9 Å². The SMILES string of the molecule is O=C(CCCc1c[nH]c2ccccc12)N1CCC[C@H]1c1ccccn1. The van der Waals surface area contributed by atoms with Crippen LogP contribution in [0.3, 0.4) is 0 Å². The van der Waals surface area contributed by atoms with Crippen LogP contribution in [-0.4, -0.2) is 27.3 Å². The van der Waals surface area contributed by atoms with Gasteiger partial charge < -0.3 is 9.88 Å². The van der Waals surface area contributed by atoms with Crippen molar-refractivity contribution in [2.24, 2.45) is 0 Å². The van der Waals surface area contributed by atoms with E-state index in [9.17, 15) is 4.79 Å². The van der Waals surface area contributed by atoms with Crippen LogP contribution >= 0.6 is 0 Å². The van der Waals surface area contributed by atoms with E-state index < -0.39 is 0 Å². The lowest BCUT2D eigenvalue weighted by molar-refractivity contribution is -0.132. The number of fused-ring (bicyclic) bond motifs is 1. The predicted molar refractivity (Wildman–Crippen MR) is 99.2 cm³/mol. The van der Waals surface area contributed by atoms with E-state index in [0.29, 0.717) is 6.42 Å². The number of pyridine rings is 1. The number of rotatable bonds is 5. The summed E-state index contributed by atoms with van der Waals surface area (Å²) in [7, 11) is 0. The molecule has 3 aromatic rings. The Balaban J connectivity index is 1.37. The van der Waals surface area contributed by atoms with Crippen molar-refractivity contribution >= 4 is 16.8 Å². The maximum atomic E-state index is 12.7. The van der Waals surface area contributed by atoms with Crippen LogP contribution in [0.1, 0.15) is 43.0 Å². The highest BCUT2D eigenvalue weighted by atomic mass is 16.2. The fourth-order valence-corrected chi connectivity index (χ4v) is 3.86. The molecule has 25 heavy (non-hydrogen) atoms. The van der Waals surface area contributed by atoms with Gasteiger partial charge in [0.05, 0.1) is 11.7 Å². The Labute approximate surface area is 147 Å². The Morgan fingerprint density at radius 1 is 1.20 bits per heavy atom. The van der Waals surface area contributed by atoms with Gasteiger partial charge in [0.1, 0.15) is 0 Å². The summed E-state index contributed by atoms with van der Waals surface area (Å²) >= 11 is 0. The maximum absolute atomic E-state index is 12.7. The van der Waals surface area contributed by atoms with Crippen LogP contribution in [0.2, 0.25) is 0 Å². The molecule has 0 radical (unpaired) electrons. The molecule has 1 aliphatic rings. The molecule has 1 amide bonds. The zero-order valence-electron chi connectivity index (χ0n) is 14.3. The van der Waals surface area contributed by atoms with Crippen molar-refractivity contribution in [2.45, 2.75) is 38.1 Å². The highest BCUT2D eigenvalue weighted by molar-refractivity contribution is 5.83. The minimum absolute atomic E-state index is 0.154. The number of nitrogens with one attached hydrogen (secondary N) is 1. The molecule has 4 heteroatoms. The van der Waals surface area contributed by atoms with E-state index in [2.05, 4.69) is 34.4 Å². The summed E-state index contributed by atoms with van der Waals surface area (Å²) in [6, 6.07) is 14.4. The Morgan fingerprint density at radius 2 is 2.08 bits per heavy atom. The first-order valence-electron chi connectivity index (χ1n) is 9.08. The van der Waals surface area contributed by atoms with Gasteiger partial charge in [0.15, 0.2) is 0 Å². The molecule has 0 bridgehead atoms. The number of aromatic nitrogens is 2. The first kappa shape index (κ1) is 15.9. The van der Waals surface area contributed by atoms with E-state index in [0.717, 1.165) is 37.9 Å². The Bertz CT molecular complexity index is 856. The molecule has 128 valence electrons. The van der Waals surface area contributed by atoms with Gasteiger partial charge in [-0.1, -0.05) is 24.3 Å². The summed E-state index contributed by atoms with van der Waals surface area (Å²) in [5.41, 5.74) is 3.48. The van der Waals surface area contributed by atoms with Crippen molar-refractivity contribution < 1.29 is 4.79 Å². The minimum atomic E-state index is 0.154. The second kappa shape index (κ2) is 7.09. The monoisotopic (exact) mass is 333 g/mol. The third kappa shape index (κ3) is 3.29. The second-order valence-electron chi connectivity index (χ2n) is 6.71. The van der Waals surface area contributed by atoms with Crippen LogP contribution < -0.4 is 0 Å². The Hall–Kier alpha value is -2.62. The van der Waals surface area contributed by atoms with Gasteiger partial charge in [0.2, 0.25) is 5.91 Å². The number of nitrogens with zero attached hydrogens (tertiary/aromatic N) is 2. The van der Waals surface area contributed by atoms with Crippen molar-refractivity contribution in [3.05, 3.63) is 66.1 Å². The maximum Gasteiger partial charge on any atom is 0.223 e. The lowest BCUT2D eigenvalue weighted by Gasteiger charge is -2.24. The van der Waals surface area contributed by atoms with Gasteiger partial charge in [-0.25, -0.2) is 0 Å². The van der Waals surface area contributed by atoms with Crippen molar-refractivity contribution in [3.8, 4) is 0 Å². The van der Waals surface area contributed by atoms with Crippen LogP contribution in [0.5, 0.6) is 0 Å². The van der Waals surface area contributed by atoms with Crippen LogP contribution in [0, 0.1) is 0 Å². The molecule has 4 nitrogen and oxygen atoms in total. The molecule has 1 aromatic carbocycles. The summed E-state index contributed by atoms with van der Waals surface area (Å²) in [6.07, 6.45) is 8.38. The third-order valence-electron chi connectivity index (χ3n) is 5.11. The molecule has 4 rings (SSSR count). The van der Waals surface area contributed by atoms with E-state index in [1.165, 1.54) is 16.5 Å². The zero-order valence-corrected chi connectivity index (χ0v) is 14.3. The summed E-state index contributed by atoms with van der Waals surface area (Å²) in [5.74, 6) is 0.257. The molecule has 2 aromatic heterocycles. The quantitative estimate of drug-likeness (QED) is 0.759. The molecule has 0 aliphatic carbocycles. The summed E-state index contributed by atoms with van der Waals surface area (Å²) in [4.78, 5) is 22.5. The van der Waals surface area contributed by atoms with Crippen molar-refractivity contribution in [1.82, 2.24) is 14.9 Å². The highest BCUT2D eigenvalue weighted by Gasteiger charge is 2.30. The van der Waals surface area contributed by atoms with E-state index in [1.54, 1.807) is 0 Å². The molecule has 1 atom stereocenters. The standard InChI is InChI=1S/C21H23N3O/c25-21(24-14-6-11-20(24)19-10-3-4-13-22-19)12-5-7-16-15-23-18-9-2-1-8-17(16)18/h1-4,8-10,13,15,20,23H,5-7,11-12,14H2/t20-/m0/s1. The van der Waals surface area contributed by atoms with Crippen molar-refractivity contribution in [1.29, 1.82) is 0 Å². The van der Waals surface area contributed by atoms with Gasteiger partial charge in [-0.05, 0) is 49.4 Å². The molecule has 1 fully saturated rings. The lowest BCUT2D eigenvalue weighted by Crippen LogP contribution is -2.30. The fraction of sp³-hybridized carbons (Fsp3) is 0.333. The van der Waals surface area contributed by atoms with Gasteiger partial charge in [-0.15, -0.1) is 0 Å². The van der Waals surface area contributed by atoms with Gasteiger partial charge in [-0.3, -0.25) is 9.78 Å². The van der Waals surface area contributed by atoms with Crippen molar-refractivity contribution in [2.75, 3.05) is 6.54 Å². The third-order valence-corrected chi connectivity index (χ3v) is 5.11. The molecule has 1 saturated heterocycles. The molecular formula is C21H23N3O. The molecule has 0 saturated carbocycles. The number of hydrogen-bond donors (Lipinski definition) is 1. The fourth-order valence-electron chi connectivity index (χ4n) is 3.86. The van der Waals surface area contributed by atoms with Crippen LogP contribution in [0.15, 0.2) is 54.9 Å². The smallest absolute Gasteiger partial charge is 0.223 e. The van der Waals surface area contributed by atoms with Gasteiger partial charge in [0, 0.05) is 36.3 Å². The zero-order chi connectivity index (χ0) is 17.1. The first-order valence-corrected chi connectivity index (χ1v) is 9.08. The van der Waals surface area contributed by atoms with Crippen LogP contribution in [0.4, 0.5) is 0 Å². The van der Waals surface area contributed by atoms with E-state index in [-0.39, 0.29) is 11.9 Å². The number of H-pyrrole nitrogens is 1. The average molecular weight is 333 g/mol. The topological polar surface area (TPSA) is 49.0 Å². The van der Waals surface area contributed by atoms with Crippen LogP contribution in [-0.2, 0) is 11.2 Å². The number of benzene rings is 1.